The van der Waals surface area contributed by atoms with E-state index in [1.165, 1.54) is 29.0 Å². The van der Waals surface area contributed by atoms with E-state index in [1.807, 2.05) is 0 Å². The fourth-order valence-electron chi connectivity index (χ4n) is 3.61. The lowest BCUT2D eigenvalue weighted by molar-refractivity contribution is 0.194. The van der Waals surface area contributed by atoms with Crippen molar-refractivity contribution in [1.29, 1.82) is 0 Å². The van der Waals surface area contributed by atoms with Gasteiger partial charge in [-0.15, -0.1) is 0 Å². The van der Waals surface area contributed by atoms with Gasteiger partial charge in [0.2, 0.25) is 0 Å². The first-order valence-corrected chi connectivity index (χ1v) is 10.8. The van der Waals surface area contributed by atoms with Crippen molar-refractivity contribution in [2.75, 3.05) is 39.9 Å². The largest absolute Gasteiger partial charge is 0.385 e. The van der Waals surface area contributed by atoms with E-state index < -0.39 is 10.0 Å². The number of sulfonamides is 1. The van der Waals surface area contributed by atoms with Crippen LogP contribution in [0.5, 0.6) is 0 Å². The van der Waals surface area contributed by atoms with E-state index in [9.17, 15) is 12.8 Å². The molecule has 0 amide bonds. The number of aromatic nitrogens is 2. The Hall–Kier alpha value is -1.81. The van der Waals surface area contributed by atoms with Gasteiger partial charge in [0.05, 0.1) is 6.33 Å². The van der Waals surface area contributed by atoms with Gasteiger partial charge in [-0.1, -0.05) is 12.1 Å². The van der Waals surface area contributed by atoms with E-state index in [-0.39, 0.29) is 22.7 Å². The van der Waals surface area contributed by atoms with Gasteiger partial charge in [0.15, 0.2) is 5.03 Å². The highest BCUT2D eigenvalue weighted by molar-refractivity contribution is 7.89. The number of hydrogen-bond donors (Lipinski definition) is 1. The lowest BCUT2D eigenvalue weighted by Crippen LogP contribution is -2.31. The molecule has 1 saturated heterocycles. The molecule has 0 saturated carbocycles. The van der Waals surface area contributed by atoms with E-state index in [1.54, 1.807) is 30.9 Å². The third-order valence-corrected chi connectivity index (χ3v) is 6.82. The smallest absolute Gasteiger partial charge is 0.262 e. The molecule has 3 rings (SSSR count). The standard InChI is InChI=1S/C19H27FN4O3S/c1-23-13-19(22-14-23)28(25,26)24-11-16(10-21-8-3-9-27-2)18(12-24)15-4-6-17(20)7-5-15/h4-7,13-14,16,18,21H,3,8-12H2,1-2H3. The molecular weight excluding hydrogens is 383 g/mol. The van der Waals surface area contributed by atoms with E-state index >= 15 is 0 Å². The van der Waals surface area contributed by atoms with Crippen molar-refractivity contribution >= 4 is 10.0 Å². The summed E-state index contributed by atoms with van der Waals surface area (Å²) in [6.45, 7) is 2.92. The molecule has 9 heteroatoms. The number of halogens is 1. The van der Waals surface area contributed by atoms with Crippen LogP contribution in [0.4, 0.5) is 4.39 Å². The Morgan fingerprint density at radius 1 is 1.29 bits per heavy atom. The Morgan fingerprint density at radius 3 is 2.68 bits per heavy atom. The molecule has 2 unspecified atom stereocenters. The summed E-state index contributed by atoms with van der Waals surface area (Å²) in [7, 11) is -0.251. The molecule has 2 aromatic rings. The minimum atomic E-state index is -3.66. The normalized spacial score (nSPS) is 20.7. The second-order valence-corrected chi connectivity index (χ2v) is 9.05. The number of methoxy groups -OCH3 is 1. The predicted molar refractivity (Wildman–Crippen MR) is 104 cm³/mol. The molecule has 1 fully saturated rings. The molecule has 1 N–H and O–H groups in total. The van der Waals surface area contributed by atoms with Crippen LogP contribution in [0.15, 0.2) is 41.8 Å². The third kappa shape index (κ3) is 4.78. The maximum Gasteiger partial charge on any atom is 0.262 e. The molecule has 0 radical (unpaired) electrons. The van der Waals surface area contributed by atoms with Gasteiger partial charge < -0.3 is 14.6 Å². The van der Waals surface area contributed by atoms with Crippen LogP contribution in [0.2, 0.25) is 0 Å². The predicted octanol–water partition coefficient (Wildman–Crippen LogP) is 1.59. The van der Waals surface area contributed by atoms with E-state index in [4.69, 9.17) is 4.74 Å². The summed E-state index contributed by atoms with van der Waals surface area (Å²) >= 11 is 0. The quantitative estimate of drug-likeness (QED) is 0.636. The van der Waals surface area contributed by atoms with Crippen LogP contribution in [-0.2, 0) is 21.8 Å². The van der Waals surface area contributed by atoms with Gasteiger partial charge in [-0.25, -0.2) is 17.8 Å². The molecule has 7 nitrogen and oxygen atoms in total. The molecular formula is C19H27FN4O3S. The first-order valence-electron chi connectivity index (χ1n) is 9.35. The first-order chi connectivity index (χ1) is 13.4. The van der Waals surface area contributed by atoms with Crippen LogP contribution in [0.25, 0.3) is 0 Å². The number of rotatable bonds is 9. The van der Waals surface area contributed by atoms with Gasteiger partial charge in [0, 0.05) is 46.0 Å². The van der Waals surface area contributed by atoms with Crippen molar-refractivity contribution in [3.63, 3.8) is 0 Å². The van der Waals surface area contributed by atoms with Gasteiger partial charge in [-0.2, -0.15) is 4.31 Å². The van der Waals surface area contributed by atoms with Gasteiger partial charge in [-0.3, -0.25) is 0 Å². The van der Waals surface area contributed by atoms with Gasteiger partial charge in [-0.05, 0) is 43.1 Å². The summed E-state index contributed by atoms with van der Waals surface area (Å²) < 4.78 is 47.5. The highest BCUT2D eigenvalue weighted by atomic mass is 32.2. The van der Waals surface area contributed by atoms with Crippen LogP contribution in [0.1, 0.15) is 17.9 Å². The molecule has 0 aliphatic carbocycles. The fourth-order valence-corrected chi connectivity index (χ4v) is 5.09. The zero-order chi connectivity index (χ0) is 20.1. The first kappa shape index (κ1) is 20.9. The van der Waals surface area contributed by atoms with Crippen molar-refractivity contribution in [2.24, 2.45) is 13.0 Å². The Kier molecular flexibility index (Phi) is 6.82. The van der Waals surface area contributed by atoms with Crippen LogP contribution >= 0.6 is 0 Å². The molecule has 1 aliphatic heterocycles. The Bertz CT molecular complexity index is 870. The molecule has 28 heavy (non-hydrogen) atoms. The monoisotopic (exact) mass is 410 g/mol. The Balaban J connectivity index is 1.76. The number of imidazole rings is 1. The molecule has 1 aromatic carbocycles. The topological polar surface area (TPSA) is 76.5 Å². The van der Waals surface area contributed by atoms with Crippen LogP contribution in [0.3, 0.4) is 0 Å². The van der Waals surface area contributed by atoms with Crippen molar-refractivity contribution in [2.45, 2.75) is 17.4 Å². The van der Waals surface area contributed by atoms with Crippen molar-refractivity contribution in [3.8, 4) is 0 Å². The fraction of sp³-hybridized carbons (Fsp3) is 0.526. The minimum Gasteiger partial charge on any atom is -0.385 e. The highest BCUT2D eigenvalue weighted by Gasteiger charge is 2.40. The summed E-state index contributed by atoms with van der Waals surface area (Å²) in [6, 6.07) is 6.34. The summed E-state index contributed by atoms with van der Waals surface area (Å²) in [5.41, 5.74) is 0.948. The van der Waals surface area contributed by atoms with Gasteiger partial charge in [0.1, 0.15) is 5.82 Å². The second kappa shape index (κ2) is 9.13. The zero-order valence-electron chi connectivity index (χ0n) is 16.2. The lowest BCUT2D eigenvalue weighted by atomic mass is 9.89. The SMILES string of the molecule is COCCCNCC1CN(S(=O)(=O)c2cn(C)cn2)CC1c1ccc(F)cc1. The zero-order valence-corrected chi connectivity index (χ0v) is 17.0. The van der Waals surface area contributed by atoms with Crippen molar-refractivity contribution < 1.29 is 17.5 Å². The average Bonchev–Trinajstić information content (AvgIpc) is 3.30. The van der Waals surface area contributed by atoms with Gasteiger partial charge in [0.25, 0.3) is 10.0 Å². The Morgan fingerprint density at radius 2 is 2.04 bits per heavy atom. The second-order valence-electron chi connectivity index (χ2n) is 7.17. The van der Waals surface area contributed by atoms with Crippen LogP contribution in [0, 0.1) is 11.7 Å². The third-order valence-electron chi connectivity index (χ3n) is 5.10. The Labute approximate surface area is 165 Å². The van der Waals surface area contributed by atoms with E-state index in [2.05, 4.69) is 10.3 Å². The molecule has 0 bridgehead atoms. The number of aryl methyl sites for hydroxylation is 1. The van der Waals surface area contributed by atoms with E-state index in [0.717, 1.165) is 18.5 Å². The summed E-state index contributed by atoms with van der Waals surface area (Å²) in [5, 5.41) is 3.45. The van der Waals surface area contributed by atoms with Gasteiger partial charge >= 0.3 is 0 Å². The maximum absolute atomic E-state index is 13.3. The van der Waals surface area contributed by atoms with Crippen molar-refractivity contribution in [1.82, 2.24) is 19.2 Å². The number of benzene rings is 1. The number of nitrogens with zero attached hydrogens (tertiary/aromatic N) is 3. The molecule has 0 spiro atoms. The van der Waals surface area contributed by atoms with E-state index in [0.29, 0.717) is 26.2 Å². The average molecular weight is 411 g/mol. The molecule has 2 heterocycles. The summed E-state index contributed by atoms with van der Waals surface area (Å²) in [5.74, 6) is -0.213. The van der Waals surface area contributed by atoms with Crippen LogP contribution < -0.4 is 5.32 Å². The highest BCUT2D eigenvalue weighted by Crippen LogP contribution is 2.35. The molecule has 1 aliphatic rings. The molecule has 2 atom stereocenters. The minimum absolute atomic E-state index is 0.00554. The number of hydrogen-bond acceptors (Lipinski definition) is 5. The van der Waals surface area contributed by atoms with Crippen molar-refractivity contribution in [3.05, 3.63) is 48.2 Å². The lowest BCUT2D eigenvalue weighted by Gasteiger charge is -2.19. The number of ether oxygens (including phenoxy) is 1. The maximum atomic E-state index is 13.3. The van der Waals surface area contributed by atoms with Crippen LogP contribution in [-0.4, -0.2) is 62.2 Å². The number of nitrogens with one attached hydrogen (secondary N) is 1. The summed E-state index contributed by atoms with van der Waals surface area (Å²) in [6.07, 6.45) is 3.88. The summed E-state index contributed by atoms with van der Waals surface area (Å²) in [4.78, 5) is 4.02. The molecule has 1 aromatic heterocycles. The molecule has 154 valence electrons.